The summed E-state index contributed by atoms with van der Waals surface area (Å²) in [6.07, 6.45) is 1.41. The van der Waals surface area contributed by atoms with Gasteiger partial charge < -0.3 is 14.5 Å². The summed E-state index contributed by atoms with van der Waals surface area (Å²) in [6, 6.07) is 14.7. The number of nitrogens with one attached hydrogen (secondary N) is 1. The first-order chi connectivity index (χ1) is 14.0. The normalized spacial score (nSPS) is 11.0. The van der Waals surface area contributed by atoms with Crippen LogP contribution in [-0.2, 0) is 0 Å². The quantitative estimate of drug-likeness (QED) is 0.469. The molecule has 0 radical (unpaired) electrons. The summed E-state index contributed by atoms with van der Waals surface area (Å²) in [5, 5.41) is 18.2. The Morgan fingerprint density at radius 3 is 2.59 bits per heavy atom. The molecule has 2 N–H and O–H groups in total. The van der Waals surface area contributed by atoms with E-state index in [1.807, 2.05) is 36.4 Å². The Kier molecular flexibility index (Phi) is 6.29. The predicted molar refractivity (Wildman–Crippen MR) is 113 cm³/mol. The van der Waals surface area contributed by atoms with Crippen LogP contribution in [0.1, 0.15) is 35.5 Å². The number of aromatic nitrogens is 1. The lowest BCUT2D eigenvalue weighted by atomic mass is 10.1. The van der Waals surface area contributed by atoms with Crippen LogP contribution in [-0.4, -0.2) is 35.5 Å². The Hall–Kier alpha value is -3.61. The molecule has 0 spiro atoms. The molecule has 0 saturated heterocycles. The maximum absolute atomic E-state index is 12.6. The highest BCUT2D eigenvalue weighted by Gasteiger charge is 2.21. The van der Waals surface area contributed by atoms with Crippen molar-refractivity contribution in [2.24, 2.45) is 5.10 Å². The average Bonchev–Trinajstić information content (AvgIpc) is 3.12. The van der Waals surface area contributed by atoms with E-state index in [0.29, 0.717) is 22.6 Å². The number of amides is 1. The third kappa shape index (κ3) is 4.45. The van der Waals surface area contributed by atoms with Gasteiger partial charge in [-0.25, -0.2) is 5.43 Å². The van der Waals surface area contributed by atoms with Gasteiger partial charge in [0.15, 0.2) is 0 Å². The smallest absolute Gasteiger partial charge is 0.277 e. The number of nitrogens with zero attached hydrogens (tertiary/aromatic N) is 3. The molecule has 1 heterocycles. The highest BCUT2D eigenvalue weighted by Crippen LogP contribution is 2.25. The van der Waals surface area contributed by atoms with Crippen molar-refractivity contribution >= 4 is 17.8 Å². The fraction of sp³-hybridized carbons (Fsp3) is 0.227. The van der Waals surface area contributed by atoms with Crippen LogP contribution in [0, 0.1) is 6.92 Å². The lowest BCUT2D eigenvalue weighted by Gasteiger charge is -2.21. The summed E-state index contributed by atoms with van der Waals surface area (Å²) >= 11 is 0. The summed E-state index contributed by atoms with van der Waals surface area (Å²) in [5.41, 5.74) is 5.49. The summed E-state index contributed by atoms with van der Waals surface area (Å²) < 4.78 is 5.20. The summed E-state index contributed by atoms with van der Waals surface area (Å²) in [4.78, 5) is 14.8. The number of hydrogen-bond acceptors (Lipinski definition) is 6. The van der Waals surface area contributed by atoms with Gasteiger partial charge in [0.1, 0.15) is 22.8 Å². The number of benzene rings is 2. The standard InChI is InChI=1S/C22H24N4O3/c1-4-26(5-2)18-12-11-17(19(27)13-18)14-23-24-22(28)20-15(3)29-25-21(20)16-9-7-6-8-10-16/h6-14,27H,4-5H2,1-3H3,(H,24,28). The van der Waals surface area contributed by atoms with Gasteiger partial charge in [-0.2, -0.15) is 5.10 Å². The van der Waals surface area contributed by atoms with Crippen LogP contribution in [0.25, 0.3) is 11.3 Å². The van der Waals surface area contributed by atoms with Crippen LogP contribution in [0.3, 0.4) is 0 Å². The molecule has 0 aliphatic rings. The zero-order chi connectivity index (χ0) is 20.8. The van der Waals surface area contributed by atoms with Crippen molar-refractivity contribution in [2.75, 3.05) is 18.0 Å². The number of phenolic OH excluding ortho intramolecular Hbond substituents is 1. The second-order valence-electron chi connectivity index (χ2n) is 6.44. The molecular weight excluding hydrogens is 368 g/mol. The molecule has 0 unspecified atom stereocenters. The van der Waals surface area contributed by atoms with E-state index < -0.39 is 5.91 Å². The highest BCUT2D eigenvalue weighted by atomic mass is 16.5. The molecule has 0 saturated carbocycles. The van der Waals surface area contributed by atoms with Gasteiger partial charge in [-0.15, -0.1) is 0 Å². The van der Waals surface area contributed by atoms with E-state index in [4.69, 9.17) is 4.52 Å². The number of rotatable bonds is 7. The van der Waals surface area contributed by atoms with E-state index in [0.717, 1.165) is 24.3 Å². The lowest BCUT2D eigenvalue weighted by Crippen LogP contribution is -2.21. The molecule has 3 rings (SSSR count). The number of carbonyl (C=O) groups excluding carboxylic acids is 1. The minimum atomic E-state index is -0.432. The zero-order valence-electron chi connectivity index (χ0n) is 16.7. The Bertz CT molecular complexity index is 1010. The van der Waals surface area contributed by atoms with Crippen molar-refractivity contribution in [3.05, 3.63) is 65.4 Å². The van der Waals surface area contributed by atoms with Crippen molar-refractivity contribution < 1.29 is 14.4 Å². The average molecular weight is 392 g/mol. The maximum atomic E-state index is 12.6. The molecule has 2 aromatic carbocycles. The minimum Gasteiger partial charge on any atom is -0.507 e. The lowest BCUT2D eigenvalue weighted by molar-refractivity contribution is 0.0954. The van der Waals surface area contributed by atoms with E-state index >= 15 is 0 Å². The van der Waals surface area contributed by atoms with Crippen LogP contribution in [0.5, 0.6) is 5.75 Å². The van der Waals surface area contributed by atoms with E-state index in [1.165, 1.54) is 6.21 Å². The molecule has 0 aliphatic heterocycles. The van der Waals surface area contributed by atoms with Crippen LogP contribution >= 0.6 is 0 Å². The number of hydrogen-bond donors (Lipinski definition) is 2. The maximum Gasteiger partial charge on any atom is 0.277 e. The van der Waals surface area contributed by atoms with E-state index in [1.54, 1.807) is 19.1 Å². The molecule has 1 aromatic heterocycles. The van der Waals surface area contributed by atoms with Gasteiger partial charge >= 0.3 is 0 Å². The summed E-state index contributed by atoms with van der Waals surface area (Å²) in [6.45, 7) is 7.49. The second-order valence-corrected chi connectivity index (χ2v) is 6.44. The fourth-order valence-electron chi connectivity index (χ4n) is 3.08. The summed E-state index contributed by atoms with van der Waals surface area (Å²) in [7, 11) is 0. The van der Waals surface area contributed by atoms with Crippen molar-refractivity contribution in [1.29, 1.82) is 0 Å². The van der Waals surface area contributed by atoms with Crippen LogP contribution in [0.2, 0.25) is 0 Å². The molecular formula is C22H24N4O3. The number of aromatic hydroxyl groups is 1. The van der Waals surface area contributed by atoms with Crippen LogP contribution < -0.4 is 10.3 Å². The molecule has 150 valence electrons. The van der Waals surface area contributed by atoms with Gasteiger partial charge in [0.05, 0.1) is 6.21 Å². The topological polar surface area (TPSA) is 91.0 Å². The van der Waals surface area contributed by atoms with Crippen molar-refractivity contribution in [3.8, 4) is 17.0 Å². The molecule has 7 heteroatoms. The molecule has 0 atom stereocenters. The number of phenols is 1. The molecule has 7 nitrogen and oxygen atoms in total. The second kappa shape index (κ2) is 9.05. The van der Waals surface area contributed by atoms with Crippen molar-refractivity contribution in [1.82, 2.24) is 10.6 Å². The molecule has 0 bridgehead atoms. The molecule has 0 aliphatic carbocycles. The third-order valence-corrected chi connectivity index (χ3v) is 4.65. The van der Waals surface area contributed by atoms with Gasteiger partial charge in [0.2, 0.25) is 0 Å². The Morgan fingerprint density at radius 1 is 1.21 bits per heavy atom. The summed E-state index contributed by atoms with van der Waals surface area (Å²) in [5.74, 6) is 0.0691. The highest BCUT2D eigenvalue weighted by molar-refractivity contribution is 6.01. The molecule has 3 aromatic rings. The monoisotopic (exact) mass is 392 g/mol. The van der Waals surface area contributed by atoms with E-state index in [2.05, 4.69) is 34.4 Å². The first-order valence-corrected chi connectivity index (χ1v) is 9.48. The van der Waals surface area contributed by atoms with Gasteiger partial charge in [0.25, 0.3) is 5.91 Å². The Balaban J connectivity index is 1.75. The van der Waals surface area contributed by atoms with Crippen molar-refractivity contribution in [2.45, 2.75) is 20.8 Å². The van der Waals surface area contributed by atoms with Gasteiger partial charge in [-0.05, 0) is 32.9 Å². The van der Waals surface area contributed by atoms with Gasteiger partial charge in [-0.1, -0.05) is 35.5 Å². The predicted octanol–water partition coefficient (Wildman–Crippen LogP) is 3.97. The molecule has 29 heavy (non-hydrogen) atoms. The number of carbonyl (C=O) groups is 1. The molecule has 1 amide bonds. The first kappa shape index (κ1) is 20.1. The van der Waals surface area contributed by atoms with E-state index in [9.17, 15) is 9.90 Å². The molecule has 0 fully saturated rings. The Labute approximate surface area is 169 Å². The van der Waals surface area contributed by atoms with Gasteiger partial charge in [-0.3, -0.25) is 4.79 Å². The fourth-order valence-corrected chi connectivity index (χ4v) is 3.08. The van der Waals surface area contributed by atoms with Crippen LogP contribution in [0.4, 0.5) is 5.69 Å². The van der Waals surface area contributed by atoms with Crippen molar-refractivity contribution in [3.63, 3.8) is 0 Å². The number of hydrazone groups is 1. The first-order valence-electron chi connectivity index (χ1n) is 9.48. The largest absolute Gasteiger partial charge is 0.507 e. The number of aryl methyl sites for hydroxylation is 1. The van der Waals surface area contributed by atoms with Gasteiger partial charge in [0, 0.05) is 36.0 Å². The number of anilines is 1. The SMILES string of the molecule is CCN(CC)c1ccc(C=NNC(=O)c2c(-c3ccccc3)noc2C)c(O)c1. The van der Waals surface area contributed by atoms with Crippen LogP contribution in [0.15, 0.2) is 58.2 Å². The minimum absolute atomic E-state index is 0.0959. The van der Waals surface area contributed by atoms with E-state index in [-0.39, 0.29) is 5.75 Å². The Morgan fingerprint density at radius 2 is 1.93 bits per heavy atom. The third-order valence-electron chi connectivity index (χ3n) is 4.65. The zero-order valence-corrected chi connectivity index (χ0v) is 16.7.